The fourth-order valence-electron chi connectivity index (χ4n) is 5.17. The maximum absolute atomic E-state index is 12.7. The largest absolute Gasteiger partial charge is 0.475 e. The molecule has 2 N–H and O–H groups in total. The molecule has 4 aromatic rings. The van der Waals surface area contributed by atoms with Gasteiger partial charge in [-0.1, -0.05) is 6.07 Å². The third kappa shape index (κ3) is 8.63. The van der Waals surface area contributed by atoms with Gasteiger partial charge in [-0.2, -0.15) is 4.98 Å². The van der Waals surface area contributed by atoms with Gasteiger partial charge in [0.05, 0.1) is 18.5 Å². The fraction of sp³-hybridized carbons (Fsp3) is 0.424. The lowest BCUT2D eigenvalue weighted by Crippen LogP contribution is -2.43. The van der Waals surface area contributed by atoms with Crippen LogP contribution in [0.15, 0.2) is 59.7 Å². The molecule has 0 spiro atoms. The highest BCUT2D eigenvalue weighted by Crippen LogP contribution is 2.38. The van der Waals surface area contributed by atoms with Gasteiger partial charge >= 0.3 is 6.09 Å². The summed E-state index contributed by atoms with van der Waals surface area (Å²) in [7, 11) is -1.89. The summed E-state index contributed by atoms with van der Waals surface area (Å²) in [5, 5.41) is 0.661. The summed E-state index contributed by atoms with van der Waals surface area (Å²) >= 11 is 0. The summed E-state index contributed by atoms with van der Waals surface area (Å²) in [6.45, 7) is 8.88. The number of likely N-dealkylation sites (tertiary alicyclic amines) is 1. The van der Waals surface area contributed by atoms with E-state index in [-0.39, 0.29) is 36.0 Å². The summed E-state index contributed by atoms with van der Waals surface area (Å²) < 4.78 is 52.2. The first kappa shape index (κ1) is 33.8. The normalized spacial score (nSPS) is 14.3. The van der Waals surface area contributed by atoms with Crippen molar-refractivity contribution in [3.63, 3.8) is 0 Å². The molecule has 0 bridgehead atoms. The second-order valence-electron chi connectivity index (χ2n) is 12.2. The van der Waals surface area contributed by atoms with Crippen LogP contribution < -0.4 is 19.8 Å². The van der Waals surface area contributed by atoms with Crippen molar-refractivity contribution in [2.75, 3.05) is 36.8 Å². The maximum Gasteiger partial charge on any atom is 0.410 e. The number of aromatic amines is 1. The molecule has 3 aromatic heterocycles. The predicted octanol–water partition coefficient (Wildman–Crippen LogP) is 5.28. The quantitative estimate of drug-likeness (QED) is 0.204. The molecule has 0 atom stereocenters. The predicted molar refractivity (Wildman–Crippen MR) is 179 cm³/mol. The number of nitrogens with zero attached hydrogens (tertiary/aromatic N) is 3. The molecule has 1 aliphatic heterocycles. The van der Waals surface area contributed by atoms with E-state index >= 15 is 0 Å². The highest BCUT2D eigenvalue weighted by Gasteiger charge is 2.27. The van der Waals surface area contributed by atoms with Gasteiger partial charge in [-0.3, -0.25) is 9.52 Å². The first-order valence-electron chi connectivity index (χ1n) is 15.5. The first-order valence-corrected chi connectivity index (χ1v) is 17.2. The van der Waals surface area contributed by atoms with Crippen LogP contribution in [-0.4, -0.2) is 77.7 Å². The van der Waals surface area contributed by atoms with Gasteiger partial charge in [0.2, 0.25) is 21.8 Å². The number of aryl methyl sites for hydroxylation is 1. The number of sulfonamides is 1. The van der Waals surface area contributed by atoms with E-state index in [1.54, 1.807) is 73.7 Å². The summed E-state index contributed by atoms with van der Waals surface area (Å²) in [6.07, 6.45) is 4.51. The number of aromatic nitrogens is 3. The van der Waals surface area contributed by atoms with E-state index in [4.69, 9.17) is 18.9 Å². The maximum atomic E-state index is 12.7. The van der Waals surface area contributed by atoms with Crippen molar-refractivity contribution >= 4 is 32.7 Å². The van der Waals surface area contributed by atoms with Crippen molar-refractivity contribution in [2.45, 2.75) is 52.2 Å². The Labute approximate surface area is 273 Å². The molecule has 0 unspecified atom stereocenters. The first-order chi connectivity index (χ1) is 22.3. The Hall–Kier alpha value is -4.56. The number of fused-ring (bicyclic) bond motifs is 1. The van der Waals surface area contributed by atoms with E-state index in [0.717, 1.165) is 0 Å². The van der Waals surface area contributed by atoms with Crippen molar-refractivity contribution < 1.29 is 32.2 Å². The molecule has 5 rings (SSSR count). The number of carbonyl (C=O) groups is 1. The second kappa shape index (κ2) is 14.1. The minimum Gasteiger partial charge on any atom is -0.475 e. The number of amides is 1. The van der Waals surface area contributed by atoms with Gasteiger partial charge in [-0.25, -0.2) is 13.2 Å². The summed E-state index contributed by atoms with van der Waals surface area (Å²) in [4.78, 5) is 34.2. The van der Waals surface area contributed by atoms with E-state index in [1.807, 2.05) is 20.8 Å². The molecule has 13 nitrogen and oxygen atoms in total. The summed E-state index contributed by atoms with van der Waals surface area (Å²) in [6, 6.07) is 11.9. The van der Waals surface area contributed by atoms with Crippen molar-refractivity contribution in [1.82, 2.24) is 19.4 Å². The number of nitrogens with one attached hydrogen (secondary N) is 2. The van der Waals surface area contributed by atoms with Crippen LogP contribution in [0.5, 0.6) is 17.5 Å². The molecule has 4 heterocycles. The SMILES string of the molecule is CCS(=O)(=O)Nc1ccc(Oc2cccc(OCCOC3CCN(C(=O)OC(C)(C)C)CC3)n2)c(-c2cn(C)c(=O)c3[nH]ccc23)c1. The molecule has 0 aliphatic carbocycles. The molecule has 0 saturated carbocycles. The molecule has 14 heteroatoms. The highest BCUT2D eigenvalue weighted by molar-refractivity contribution is 7.92. The lowest BCUT2D eigenvalue weighted by atomic mass is 10.0. The van der Waals surface area contributed by atoms with E-state index < -0.39 is 15.6 Å². The van der Waals surface area contributed by atoms with Crippen molar-refractivity contribution in [3.8, 4) is 28.6 Å². The van der Waals surface area contributed by atoms with Crippen molar-refractivity contribution in [3.05, 3.63) is 65.2 Å². The van der Waals surface area contributed by atoms with E-state index in [1.165, 1.54) is 4.57 Å². The topological polar surface area (TPSA) is 154 Å². The Balaban J connectivity index is 1.25. The second-order valence-corrected chi connectivity index (χ2v) is 14.3. The Bertz CT molecular complexity index is 1890. The number of anilines is 1. The van der Waals surface area contributed by atoms with Gasteiger partial charge in [0.15, 0.2) is 0 Å². The number of piperidine rings is 1. The number of hydrogen-bond donors (Lipinski definition) is 2. The zero-order chi connectivity index (χ0) is 33.8. The number of hydrogen-bond acceptors (Lipinski definition) is 9. The van der Waals surface area contributed by atoms with Crippen molar-refractivity contribution in [2.24, 2.45) is 7.05 Å². The van der Waals surface area contributed by atoms with Crippen LogP contribution >= 0.6 is 0 Å². The fourth-order valence-corrected chi connectivity index (χ4v) is 5.80. The van der Waals surface area contributed by atoms with Crippen LogP contribution in [0.25, 0.3) is 22.0 Å². The third-order valence-corrected chi connectivity index (χ3v) is 8.82. The number of carbonyl (C=O) groups excluding carboxylic acids is 1. The van der Waals surface area contributed by atoms with Gasteiger partial charge in [0.25, 0.3) is 5.56 Å². The average molecular weight is 668 g/mol. The molecule has 1 aliphatic rings. The monoisotopic (exact) mass is 667 g/mol. The molecular formula is C33H41N5O8S. The standard InChI is InChI=1S/C33H41N5O8S/c1-6-47(41,42)36-22-10-11-27(25(20-22)26-21-37(5)31(39)30-24(26)12-15-34-30)45-29-9-7-8-28(35-29)44-19-18-43-23-13-16-38(17-14-23)32(40)46-33(2,3)4/h7-12,15,20-21,23,34,36H,6,13-14,16-19H2,1-5H3. The Morgan fingerprint density at radius 3 is 2.53 bits per heavy atom. The molecule has 1 amide bonds. The van der Waals surface area contributed by atoms with Gasteiger partial charge in [0, 0.05) is 66.9 Å². The molecule has 1 aromatic carbocycles. The van der Waals surface area contributed by atoms with E-state index in [2.05, 4.69) is 14.7 Å². The Morgan fingerprint density at radius 2 is 1.81 bits per heavy atom. The van der Waals surface area contributed by atoms with Crippen LogP contribution in [0, 0.1) is 0 Å². The molecule has 1 fully saturated rings. The van der Waals surface area contributed by atoms with Crippen LogP contribution in [0.1, 0.15) is 40.5 Å². The van der Waals surface area contributed by atoms with Crippen LogP contribution in [-0.2, 0) is 26.5 Å². The van der Waals surface area contributed by atoms with Crippen LogP contribution in [0.2, 0.25) is 0 Å². The Morgan fingerprint density at radius 1 is 1.06 bits per heavy atom. The van der Waals surface area contributed by atoms with Gasteiger partial charge in [0.1, 0.15) is 23.5 Å². The van der Waals surface area contributed by atoms with E-state index in [0.29, 0.717) is 71.9 Å². The smallest absolute Gasteiger partial charge is 0.410 e. The average Bonchev–Trinajstić information content (AvgIpc) is 3.52. The van der Waals surface area contributed by atoms with E-state index in [9.17, 15) is 18.0 Å². The van der Waals surface area contributed by atoms with Crippen LogP contribution in [0.3, 0.4) is 0 Å². The molecule has 252 valence electrons. The van der Waals surface area contributed by atoms with Gasteiger partial charge < -0.3 is 33.4 Å². The van der Waals surface area contributed by atoms with Gasteiger partial charge in [-0.15, -0.1) is 0 Å². The minimum atomic E-state index is -3.54. The van der Waals surface area contributed by atoms with Crippen LogP contribution in [0.4, 0.5) is 10.5 Å². The van der Waals surface area contributed by atoms with Gasteiger partial charge in [-0.05, 0) is 64.8 Å². The number of pyridine rings is 2. The molecular weight excluding hydrogens is 626 g/mol. The zero-order valence-corrected chi connectivity index (χ0v) is 28.1. The number of benzene rings is 1. The number of H-pyrrole nitrogens is 1. The molecule has 0 radical (unpaired) electrons. The third-order valence-electron chi connectivity index (χ3n) is 7.51. The molecule has 47 heavy (non-hydrogen) atoms. The summed E-state index contributed by atoms with van der Waals surface area (Å²) in [5.41, 5.74) is 1.27. The lowest BCUT2D eigenvalue weighted by Gasteiger charge is -2.33. The van der Waals surface area contributed by atoms with Crippen molar-refractivity contribution in [1.29, 1.82) is 0 Å². The highest BCUT2D eigenvalue weighted by atomic mass is 32.2. The summed E-state index contributed by atoms with van der Waals surface area (Å²) in [5.74, 6) is 0.916. The molecule has 1 saturated heterocycles. The zero-order valence-electron chi connectivity index (χ0n) is 27.2. The number of ether oxygens (including phenoxy) is 4. The minimum absolute atomic E-state index is 0.0204. The number of rotatable bonds is 11. The Kier molecular flexibility index (Phi) is 10.1. The lowest BCUT2D eigenvalue weighted by molar-refractivity contribution is -0.0180.